The lowest BCUT2D eigenvalue weighted by Gasteiger charge is -2.10. The summed E-state index contributed by atoms with van der Waals surface area (Å²) in [6.07, 6.45) is -4.56. The Kier molecular flexibility index (Phi) is 3.49. The van der Waals surface area contributed by atoms with E-state index in [2.05, 4.69) is 20.9 Å². The summed E-state index contributed by atoms with van der Waals surface area (Å²) in [7, 11) is 0. The first kappa shape index (κ1) is 13.8. The van der Waals surface area contributed by atoms with Crippen LogP contribution in [0.1, 0.15) is 5.56 Å². The number of rotatable bonds is 1. The molecule has 0 radical (unpaired) electrons. The highest BCUT2D eigenvalue weighted by atomic mass is 79.9. The van der Waals surface area contributed by atoms with Crippen LogP contribution in [0.15, 0.2) is 34.8 Å². The maximum Gasteiger partial charge on any atom is 0.416 e. The topological polar surface area (TPSA) is 38.9 Å². The molecule has 100 valence electrons. The smallest absolute Gasteiger partial charge is 0.384 e. The van der Waals surface area contributed by atoms with Gasteiger partial charge in [-0.1, -0.05) is 15.9 Å². The maximum atomic E-state index is 13.6. The first-order chi connectivity index (χ1) is 8.77. The second kappa shape index (κ2) is 4.80. The van der Waals surface area contributed by atoms with Gasteiger partial charge in [0.05, 0.1) is 11.3 Å². The Bertz CT molecular complexity index is 626. The molecule has 0 amide bonds. The van der Waals surface area contributed by atoms with E-state index in [1.54, 1.807) is 0 Å². The molecular formula is C12H7BrF4N2. The van der Waals surface area contributed by atoms with Gasteiger partial charge in [-0.25, -0.2) is 9.37 Å². The van der Waals surface area contributed by atoms with E-state index in [4.69, 9.17) is 5.73 Å². The van der Waals surface area contributed by atoms with Crippen molar-refractivity contribution in [2.24, 2.45) is 0 Å². The first-order valence-electron chi connectivity index (χ1n) is 5.07. The van der Waals surface area contributed by atoms with Gasteiger partial charge in [0.1, 0.15) is 11.6 Å². The van der Waals surface area contributed by atoms with E-state index in [1.807, 2.05) is 0 Å². The van der Waals surface area contributed by atoms with E-state index in [9.17, 15) is 17.6 Å². The van der Waals surface area contributed by atoms with Gasteiger partial charge < -0.3 is 5.73 Å². The fourth-order valence-electron chi connectivity index (χ4n) is 1.55. The fourth-order valence-corrected chi connectivity index (χ4v) is 1.91. The summed E-state index contributed by atoms with van der Waals surface area (Å²) in [5.74, 6) is -0.987. The molecule has 0 spiro atoms. The molecule has 0 bridgehead atoms. The second-order valence-corrected chi connectivity index (χ2v) is 4.70. The monoisotopic (exact) mass is 334 g/mol. The third-order valence-electron chi connectivity index (χ3n) is 2.38. The molecule has 2 rings (SSSR count). The summed E-state index contributed by atoms with van der Waals surface area (Å²) in [5.41, 5.74) is 4.16. The van der Waals surface area contributed by atoms with E-state index in [-0.39, 0.29) is 17.1 Å². The molecule has 0 fully saturated rings. The summed E-state index contributed by atoms with van der Waals surface area (Å²) in [6, 6.07) is 5.39. The number of aromatic nitrogens is 1. The lowest BCUT2D eigenvalue weighted by atomic mass is 10.1. The van der Waals surface area contributed by atoms with Gasteiger partial charge in [-0.05, 0) is 30.3 Å². The van der Waals surface area contributed by atoms with Crippen molar-refractivity contribution in [1.29, 1.82) is 0 Å². The zero-order valence-corrected chi connectivity index (χ0v) is 10.9. The molecule has 2 aromatic rings. The van der Waals surface area contributed by atoms with Crippen LogP contribution in [0.5, 0.6) is 0 Å². The van der Waals surface area contributed by atoms with E-state index in [1.165, 1.54) is 12.1 Å². The summed E-state index contributed by atoms with van der Waals surface area (Å²) in [4.78, 5) is 3.74. The molecular weight excluding hydrogens is 328 g/mol. The lowest BCUT2D eigenvalue weighted by Crippen LogP contribution is -2.07. The molecule has 0 saturated carbocycles. The molecule has 1 heterocycles. The Hall–Kier alpha value is -1.63. The van der Waals surface area contributed by atoms with Crippen LogP contribution in [0, 0.1) is 5.82 Å². The van der Waals surface area contributed by atoms with Crippen LogP contribution >= 0.6 is 15.9 Å². The average Bonchev–Trinajstić information content (AvgIpc) is 2.30. The number of halogens is 5. The van der Waals surface area contributed by atoms with Crippen LogP contribution in [0.25, 0.3) is 11.3 Å². The zero-order valence-electron chi connectivity index (χ0n) is 9.30. The molecule has 1 aromatic carbocycles. The average molecular weight is 335 g/mol. The van der Waals surface area contributed by atoms with Crippen LogP contribution in [-0.2, 0) is 6.18 Å². The van der Waals surface area contributed by atoms with Crippen molar-refractivity contribution in [1.82, 2.24) is 4.98 Å². The Balaban J connectivity index is 2.63. The molecule has 0 saturated heterocycles. The predicted octanol–water partition coefficient (Wildman–Crippen LogP) is 4.25. The number of benzene rings is 1. The minimum Gasteiger partial charge on any atom is -0.384 e. The van der Waals surface area contributed by atoms with Crippen molar-refractivity contribution in [2.75, 3.05) is 5.73 Å². The second-order valence-electron chi connectivity index (χ2n) is 3.79. The van der Waals surface area contributed by atoms with Gasteiger partial charge in [-0.3, -0.25) is 0 Å². The molecule has 2 nitrogen and oxygen atoms in total. The largest absolute Gasteiger partial charge is 0.416 e. The maximum absolute atomic E-state index is 13.6. The molecule has 0 aliphatic rings. The Morgan fingerprint density at radius 1 is 1.11 bits per heavy atom. The van der Waals surface area contributed by atoms with Crippen LogP contribution < -0.4 is 5.73 Å². The van der Waals surface area contributed by atoms with Gasteiger partial charge in [0.25, 0.3) is 0 Å². The molecule has 19 heavy (non-hydrogen) atoms. The summed E-state index contributed by atoms with van der Waals surface area (Å²) >= 11 is 3.12. The Morgan fingerprint density at radius 3 is 2.42 bits per heavy atom. The van der Waals surface area contributed by atoms with Gasteiger partial charge >= 0.3 is 6.18 Å². The predicted molar refractivity (Wildman–Crippen MR) is 66.7 cm³/mol. The van der Waals surface area contributed by atoms with Crippen molar-refractivity contribution in [2.45, 2.75) is 6.18 Å². The number of hydrogen-bond acceptors (Lipinski definition) is 2. The number of nitrogen functional groups attached to an aromatic ring is 1. The number of hydrogen-bond donors (Lipinski definition) is 1. The minimum absolute atomic E-state index is 0.0489. The summed E-state index contributed by atoms with van der Waals surface area (Å²) < 4.78 is 52.1. The highest BCUT2D eigenvalue weighted by Crippen LogP contribution is 2.34. The Labute approximate surface area is 114 Å². The highest BCUT2D eigenvalue weighted by molar-refractivity contribution is 9.10. The third-order valence-corrected chi connectivity index (χ3v) is 2.87. The van der Waals surface area contributed by atoms with Crippen LogP contribution in [0.3, 0.4) is 0 Å². The van der Waals surface area contributed by atoms with Crippen molar-refractivity contribution in [3.8, 4) is 11.3 Å². The number of anilines is 1. The number of alkyl halides is 3. The van der Waals surface area contributed by atoms with Crippen molar-refractivity contribution >= 4 is 21.7 Å². The molecule has 2 N–H and O–H groups in total. The molecule has 0 atom stereocenters. The van der Waals surface area contributed by atoms with Gasteiger partial charge in [0.2, 0.25) is 0 Å². The molecule has 0 aliphatic carbocycles. The normalized spacial score (nSPS) is 11.6. The van der Waals surface area contributed by atoms with E-state index in [0.29, 0.717) is 10.5 Å². The summed E-state index contributed by atoms with van der Waals surface area (Å²) in [6.45, 7) is 0. The number of pyridine rings is 1. The van der Waals surface area contributed by atoms with Gasteiger partial charge in [0.15, 0.2) is 0 Å². The SMILES string of the molecule is Nc1cc(C(F)(F)F)cc(-c2cc(Br)ccc2F)n1. The van der Waals surface area contributed by atoms with E-state index in [0.717, 1.165) is 12.1 Å². The molecule has 7 heteroatoms. The minimum atomic E-state index is -4.56. The molecule has 0 unspecified atom stereocenters. The molecule has 0 aliphatic heterocycles. The number of nitrogens with zero attached hydrogens (tertiary/aromatic N) is 1. The Morgan fingerprint density at radius 2 is 1.79 bits per heavy atom. The first-order valence-corrected chi connectivity index (χ1v) is 5.87. The van der Waals surface area contributed by atoms with Crippen molar-refractivity contribution in [3.63, 3.8) is 0 Å². The van der Waals surface area contributed by atoms with Crippen LogP contribution in [0.2, 0.25) is 0 Å². The van der Waals surface area contributed by atoms with E-state index >= 15 is 0 Å². The zero-order chi connectivity index (χ0) is 14.2. The number of nitrogens with two attached hydrogens (primary N) is 1. The quantitative estimate of drug-likeness (QED) is 0.792. The molecule has 1 aromatic heterocycles. The van der Waals surface area contributed by atoms with Gasteiger partial charge in [-0.2, -0.15) is 13.2 Å². The fraction of sp³-hybridized carbons (Fsp3) is 0.0833. The van der Waals surface area contributed by atoms with Crippen molar-refractivity contribution in [3.05, 3.63) is 46.2 Å². The van der Waals surface area contributed by atoms with Gasteiger partial charge in [0, 0.05) is 10.0 Å². The third kappa shape index (κ3) is 3.04. The van der Waals surface area contributed by atoms with Crippen LogP contribution in [0.4, 0.5) is 23.4 Å². The van der Waals surface area contributed by atoms with Crippen molar-refractivity contribution < 1.29 is 17.6 Å². The summed E-state index contributed by atoms with van der Waals surface area (Å²) in [5, 5.41) is 0. The van der Waals surface area contributed by atoms with Crippen LogP contribution in [-0.4, -0.2) is 4.98 Å². The highest BCUT2D eigenvalue weighted by Gasteiger charge is 2.31. The van der Waals surface area contributed by atoms with E-state index < -0.39 is 17.6 Å². The standard InChI is InChI=1S/C12H7BrF4N2/c13-7-1-2-9(14)8(5-7)10-3-6(12(15,16)17)4-11(18)19-10/h1-5H,(H2,18,19). The lowest BCUT2D eigenvalue weighted by molar-refractivity contribution is -0.137. The van der Waals surface area contributed by atoms with Gasteiger partial charge in [-0.15, -0.1) is 0 Å².